The number of rotatable bonds is 6. The van der Waals surface area contributed by atoms with E-state index in [1.165, 1.54) is 12.3 Å². The van der Waals surface area contributed by atoms with E-state index in [0.717, 1.165) is 6.07 Å². The quantitative estimate of drug-likeness (QED) is 0.759. The zero-order valence-electron chi connectivity index (χ0n) is 11.1. The Morgan fingerprint density at radius 2 is 2.11 bits per heavy atom. The smallest absolute Gasteiger partial charge is 0.251 e. The molecule has 19 heavy (non-hydrogen) atoms. The molecule has 0 unspecified atom stereocenters. The minimum absolute atomic E-state index is 0.116. The zero-order valence-corrected chi connectivity index (χ0v) is 11.1. The highest BCUT2D eigenvalue weighted by Gasteiger charge is 2.07. The molecular formula is C13H18FN3O2. The van der Waals surface area contributed by atoms with Crippen molar-refractivity contribution in [2.75, 3.05) is 13.1 Å². The van der Waals surface area contributed by atoms with Crippen molar-refractivity contribution in [3.8, 4) is 0 Å². The van der Waals surface area contributed by atoms with E-state index in [4.69, 9.17) is 0 Å². The van der Waals surface area contributed by atoms with Crippen LogP contribution in [-0.2, 0) is 4.79 Å². The number of nitrogens with one attached hydrogen (secondary N) is 2. The Bertz CT molecular complexity index is 449. The van der Waals surface area contributed by atoms with Crippen molar-refractivity contribution >= 4 is 11.8 Å². The van der Waals surface area contributed by atoms with Gasteiger partial charge in [-0.2, -0.15) is 4.39 Å². The van der Waals surface area contributed by atoms with E-state index < -0.39 is 11.9 Å². The van der Waals surface area contributed by atoms with Crippen molar-refractivity contribution in [2.24, 2.45) is 5.92 Å². The third-order valence-corrected chi connectivity index (χ3v) is 2.33. The molecule has 0 atom stereocenters. The monoisotopic (exact) mass is 267 g/mol. The average Bonchev–Trinajstić information content (AvgIpc) is 2.36. The van der Waals surface area contributed by atoms with Gasteiger partial charge in [0, 0.05) is 37.3 Å². The summed E-state index contributed by atoms with van der Waals surface area (Å²) in [5, 5.41) is 5.29. The largest absolute Gasteiger partial charge is 0.356 e. The van der Waals surface area contributed by atoms with Gasteiger partial charge < -0.3 is 10.6 Å². The van der Waals surface area contributed by atoms with E-state index in [0.29, 0.717) is 12.5 Å². The Hall–Kier alpha value is -1.98. The first-order valence-corrected chi connectivity index (χ1v) is 6.15. The third-order valence-electron chi connectivity index (χ3n) is 2.33. The molecular weight excluding hydrogens is 249 g/mol. The average molecular weight is 267 g/mol. The Balaban J connectivity index is 2.29. The molecule has 0 aliphatic carbocycles. The second-order valence-electron chi connectivity index (χ2n) is 4.57. The molecule has 1 aromatic heterocycles. The van der Waals surface area contributed by atoms with Gasteiger partial charge in [0.2, 0.25) is 11.9 Å². The number of aromatic nitrogens is 1. The second-order valence-corrected chi connectivity index (χ2v) is 4.57. The van der Waals surface area contributed by atoms with Crippen molar-refractivity contribution in [2.45, 2.75) is 20.3 Å². The topological polar surface area (TPSA) is 71.1 Å². The highest BCUT2D eigenvalue weighted by Crippen LogP contribution is 1.99. The first-order valence-electron chi connectivity index (χ1n) is 6.15. The van der Waals surface area contributed by atoms with E-state index >= 15 is 0 Å². The van der Waals surface area contributed by atoms with Crippen LogP contribution in [0, 0.1) is 11.9 Å². The van der Waals surface area contributed by atoms with Crippen LogP contribution in [0.25, 0.3) is 0 Å². The van der Waals surface area contributed by atoms with Crippen molar-refractivity contribution in [3.05, 3.63) is 29.8 Å². The van der Waals surface area contributed by atoms with E-state index in [9.17, 15) is 14.0 Å². The lowest BCUT2D eigenvalue weighted by molar-refractivity contribution is -0.121. The SMILES string of the molecule is CC(C)CNC(=O)CCNC(=O)c1ccnc(F)c1. The number of carbonyl (C=O) groups is 2. The molecule has 0 aromatic carbocycles. The van der Waals surface area contributed by atoms with Crippen LogP contribution in [0.1, 0.15) is 30.6 Å². The van der Waals surface area contributed by atoms with Gasteiger partial charge in [-0.15, -0.1) is 0 Å². The molecule has 0 aliphatic rings. The summed E-state index contributed by atoms with van der Waals surface area (Å²) < 4.78 is 12.8. The van der Waals surface area contributed by atoms with Gasteiger partial charge in [-0.3, -0.25) is 9.59 Å². The normalized spacial score (nSPS) is 10.3. The number of hydrogen-bond acceptors (Lipinski definition) is 3. The lowest BCUT2D eigenvalue weighted by atomic mass is 10.2. The lowest BCUT2D eigenvalue weighted by Gasteiger charge is -2.08. The summed E-state index contributed by atoms with van der Waals surface area (Å²) in [6, 6.07) is 2.46. The van der Waals surface area contributed by atoms with Crippen LogP contribution in [0.4, 0.5) is 4.39 Å². The molecule has 0 radical (unpaired) electrons. The van der Waals surface area contributed by atoms with Crippen LogP contribution in [0.5, 0.6) is 0 Å². The van der Waals surface area contributed by atoms with Crippen molar-refractivity contribution in [3.63, 3.8) is 0 Å². The summed E-state index contributed by atoms with van der Waals surface area (Å²) in [6.07, 6.45) is 1.42. The van der Waals surface area contributed by atoms with E-state index in [2.05, 4.69) is 15.6 Å². The molecule has 0 bridgehead atoms. The summed E-state index contributed by atoms with van der Waals surface area (Å²) in [5.74, 6) is -0.853. The molecule has 1 aromatic rings. The van der Waals surface area contributed by atoms with Gasteiger partial charge in [0.05, 0.1) is 0 Å². The van der Waals surface area contributed by atoms with E-state index in [-0.39, 0.29) is 24.4 Å². The Morgan fingerprint density at radius 3 is 2.74 bits per heavy atom. The van der Waals surface area contributed by atoms with Gasteiger partial charge >= 0.3 is 0 Å². The molecule has 1 rings (SSSR count). The summed E-state index contributed by atoms with van der Waals surface area (Å²) >= 11 is 0. The molecule has 2 amide bonds. The number of hydrogen-bond donors (Lipinski definition) is 2. The van der Waals surface area contributed by atoms with Gasteiger partial charge in [-0.25, -0.2) is 4.98 Å². The predicted octanol–water partition coefficient (Wildman–Crippen LogP) is 1.11. The number of carbonyl (C=O) groups excluding carboxylic acids is 2. The van der Waals surface area contributed by atoms with Crippen molar-refractivity contribution < 1.29 is 14.0 Å². The molecule has 5 nitrogen and oxygen atoms in total. The molecule has 0 spiro atoms. The maximum Gasteiger partial charge on any atom is 0.251 e. The van der Waals surface area contributed by atoms with Crippen LogP contribution in [0.3, 0.4) is 0 Å². The molecule has 1 heterocycles. The van der Waals surface area contributed by atoms with E-state index in [1.54, 1.807) is 0 Å². The Morgan fingerprint density at radius 1 is 1.37 bits per heavy atom. The summed E-state index contributed by atoms with van der Waals surface area (Å²) in [6.45, 7) is 4.83. The zero-order chi connectivity index (χ0) is 14.3. The fraction of sp³-hybridized carbons (Fsp3) is 0.462. The highest BCUT2D eigenvalue weighted by atomic mass is 19.1. The fourth-order valence-electron chi connectivity index (χ4n) is 1.34. The molecule has 6 heteroatoms. The van der Waals surface area contributed by atoms with Gasteiger partial charge in [0.25, 0.3) is 5.91 Å². The van der Waals surface area contributed by atoms with Crippen molar-refractivity contribution in [1.29, 1.82) is 0 Å². The number of nitrogens with zero attached hydrogens (tertiary/aromatic N) is 1. The Kier molecular flexibility index (Phi) is 5.92. The fourth-order valence-corrected chi connectivity index (χ4v) is 1.34. The van der Waals surface area contributed by atoms with Gasteiger partial charge in [0.1, 0.15) is 0 Å². The first-order chi connectivity index (χ1) is 8.99. The molecule has 0 aliphatic heterocycles. The van der Waals surface area contributed by atoms with Crippen LogP contribution >= 0.6 is 0 Å². The molecule has 0 saturated carbocycles. The third kappa shape index (κ3) is 5.94. The summed E-state index contributed by atoms with van der Waals surface area (Å²) in [4.78, 5) is 26.4. The van der Waals surface area contributed by atoms with Gasteiger partial charge in [-0.1, -0.05) is 13.8 Å². The van der Waals surface area contributed by atoms with E-state index in [1.807, 2.05) is 13.8 Å². The standard InChI is InChI=1S/C13H18FN3O2/c1-9(2)8-17-12(18)4-6-16-13(19)10-3-5-15-11(14)7-10/h3,5,7,9H,4,6,8H2,1-2H3,(H,16,19)(H,17,18). The minimum atomic E-state index is -0.706. The summed E-state index contributed by atoms with van der Waals surface area (Å²) in [5.41, 5.74) is 0.190. The van der Waals surface area contributed by atoms with Crippen LogP contribution in [0.2, 0.25) is 0 Å². The first kappa shape index (κ1) is 15.1. The van der Waals surface area contributed by atoms with Crippen molar-refractivity contribution in [1.82, 2.24) is 15.6 Å². The molecule has 0 saturated heterocycles. The molecule has 2 N–H and O–H groups in total. The number of pyridine rings is 1. The summed E-state index contributed by atoms with van der Waals surface area (Å²) in [7, 11) is 0. The lowest BCUT2D eigenvalue weighted by Crippen LogP contribution is -2.32. The Labute approximate surface area is 111 Å². The van der Waals surface area contributed by atoms with Gasteiger partial charge in [0.15, 0.2) is 0 Å². The van der Waals surface area contributed by atoms with Gasteiger partial charge in [-0.05, 0) is 12.0 Å². The molecule has 104 valence electrons. The van der Waals surface area contributed by atoms with Crippen LogP contribution < -0.4 is 10.6 Å². The number of halogens is 1. The minimum Gasteiger partial charge on any atom is -0.356 e. The second kappa shape index (κ2) is 7.45. The van der Waals surface area contributed by atoms with Crippen LogP contribution in [-0.4, -0.2) is 29.9 Å². The highest BCUT2D eigenvalue weighted by molar-refractivity contribution is 5.94. The molecule has 0 fully saturated rings. The maximum absolute atomic E-state index is 12.8. The van der Waals surface area contributed by atoms with Crippen LogP contribution in [0.15, 0.2) is 18.3 Å². The predicted molar refractivity (Wildman–Crippen MR) is 69.0 cm³/mol. The maximum atomic E-state index is 12.8. The number of amides is 2.